The fourth-order valence-electron chi connectivity index (χ4n) is 6.39. The number of non-ortho nitro benzene ring substituents is 2. The second-order valence-electron chi connectivity index (χ2n) is 12.7. The Morgan fingerprint density at radius 1 is 0.456 bits per heavy atom. The number of anilines is 2. The number of nitro benzene ring substituents is 2. The summed E-state index contributed by atoms with van der Waals surface area (Å²) in [6, 6.07) is 45.3. The summed E-state index contributed by atoms with van der Waals surface area (Å²) in [6.45, 7) is 0. The Kier molecular flexibility index (Phi) is 12.3. The number of rotatable bonds is 10. The minimum absolute atomic E-state index is 0. The predicted octanol–water partition coefficient (Wildman–Crippen LogP) is 8.83. The van der Waals surface area contributed by atoms with Crippen molar-refractivity contribution in [3.63, 3.8) is 0 Å². The first-order valence-electron chi connectivity index (χ1n) is 17.5. The standard InChI is InChI=1S/2C22H17N3O3.Cu/c2*26-22-19(13-8-16-7-4-14-23-21(16)22)20(15-5-2-1-3-6-15)24-17-9-11-18(12-10-17)25(27)28;/h2*1-14,20,24,26H;/q;;+2/p-2. The van der Waals surface area contributed by atoms with Crippen LogP contribution in [0.5, 0.6) is 11.5 Å². The zero-order chi connectivity index (χ0) is 39.0. The van der Waals surface area contributed by atoms with Gasteiger partial charge in [0.15, 0.2) is 0 Å². The van der Waals surface area contributed by atoms with Crippen molar-refractivity contribution in [1.29, 1.82) is 0 Å². The number of hydrogen-bond acceptors (Lipinski definition) is 10. The molecule has 0 saturated carbocycles. The van der Waals surface area contributed by atoms with Gasteiger partial charge in [-0.15, -0.1) is 0 Å². The Morgan fingerprint density at radius 3 is 1.18 bits per heavy atom. The van der Waals surface area contributed by atoms with Crippen molar-refractivity contribution < 1.29 is 37.1 Å². The summed E-state index contributed by atoms with van der Waals surface area (Å²) in [7, 11) is 0. The van der Waals surface area contributed by atoms with Crippen LogP contribution in [0, 0.1) is 20.2 Å². The zero-order valence-electron chi connectivity index (χ0n) is 29.9. The van der Waals surface area contributed by atoms with Gasteiger partial charge in [0.1, 0.15) is 0 Å². The van der Waals surface area contributed by atoms with E-state index in [9.17, 15) is 30.4 Å². The molecule has 12 nitrogen and oxygen atoms in total. The van der Waals surface area contributed by atoms with Crippen molar-refractivity contribution in [3.8, 4) is 11.5 Å². The van der Waals surface area contributed by atoms with Crippen LogP contribution >= 0.6 is 0 Å². The van der Waals surface area contributed by atoms with Gasteiger partial charge in [0.2, 0.25) is 0 Å². The van der Waals surface area contributed by atoms with Crippen LogP contribution < -0.4 is 20.8 Å². The van der Waals surface area contributed by atoms with E-state index in [-0.39, 0.29) is 39.9 Å². The normalized spacial score (nSPS) is 11.6. The van der Waals surface area contributed by atoms with E-state index < -0.39 is 21.9 Å². The monoisotopic (exact) mass is 803 g/mol. The van der Waals surface area contributed by atoms with E-state index in [2.05, 4.69) is 20.6 Å². The Balaban J connectivity index is 0.000000189. The maximum absolute atomic E-state index is 13.1. The Hall–Kier alpha value is -7.34. The Morgan fingerprint density at radius 2 is 0.825 bits per heavy atom. The molecule has 0 aliphatic rings. The summed E-state index contributed by atoms with van der Waals surface area (Å²) in [5.41, 5.74) is 5.19. The number of nitrogens with zero attached hydrogens (tertiary/aromatic N) is 4. The molecule has 13 heteroatoms. The average molecular weight is 804 g/mol. The van der Waals surface area contributed by atoms with E-state index in [1.54, 1.807) is 48.8 Å². The van der Waals surface area contributed by atoms with Crippen LogP contribution in [0.1, 0.15) is 34.3 Å². The third-order valence-corrected chi connectivity index (χ3v) is 9.18. The van der Waals surface area contributed by atoms with Crippen LogP contribution in [-0.4, -0.2) is 19.8 Å². The summed E-state index contributed by atoms with van der Waals surface area (Å²) >= 11 is 0. The number of nitrogens with one attached hydrogen (secondary N) is 2. The van der Waals surface area contributed by atoms with Crippen molar-refractivity contribution in [2.24, 2.45) is 0 Å². The fourth-order valence-corrected chi connectivity index (χ4v) is 6.39. The number of aromatic nitrogens is 2. The van der Waals surface area contributed by atoms with E-state index in [4.69, 9.17) is 0 Å². The molecule has 0 spiro atoms. The Bertz CT molecular complexity index is 2450. The molecule has 1 radical (unpaired) electrons. The average Bonchev–Trinajstić information content (AvgIpc) is 3.24. The van der Waals surface area contributed by atoms with Crippen molar-refractivity contribution in [3.05, 3.63) is 213 Å². The summed E-state index contributed by atoms with van der Waals surface area (Å²) < 4.78 is 0. The van der Waals surface area contributed by atoms with Crippen LogP contribution in [-0.2, 0) is 17.1 Å². The molecule has 0 aliphatic heterocycles. The summed E-state index contributed by atoms with van der Waals surface area (Å²) in [4.78, 5) is 29.4. The minimum Gasteiger partial charge on any atom is -0.871 e. The third kappa shape index (κ3) is 8.97. The van der Waals surface area contributed by atoms with Gasteiger partial charge < -0.3 is 20.8 Å². The fraction of sp³-hybridized carbons (Fsp3) is 0.0455. The van der Waals surface area contributed by atoms with E-state index in [0.717, 1.165) is 21.9 Å². The summed E-state index contributed by atoms with van der Waals surface area (Å²) in [5.74, 6) is -0.275. The van der Waals surface area contributed by atoms with Gasteiger partial charge in [-0.3, -0.25) is 30.2 Å². The topological polar surface area (TPSA) is 182 Å². The first-order chi connectivity index (χ1) is 27.3. The second kappa shape index (κ2) is 17.9. The SMILES string of the molecule is O=[N+]([O-])c1ccc(NC(c2ccccc2)c2ccc3cccnc3c2[O-])cc1.O=[N+]([O-])c1ccc(NC(c2ccccc2)c2ccc3cccnc3c2[O-])cc1.[Cu+2]. The number of fused-ring (bicyclic) bond motifs is 2. The van der Waals surface area contributed by atoms with E-state index >= 15 is 0 Å². The molecule has 57 heavy (non-hydrogen) atoms. The van der Waals surface area contributed by atoms with Crippen LogP contribution in [0.2, 0.25) is 0 Å². The number of benzene rings is 6. The molecule has 2 atom stereocenters. The maximum atomic E-state index is 13.1. The molecule has 6 aromatic carbocycles. The van der Waals surface area contributed by atoms with Gasteiger partial charge in [0.25, 0.3) is 11.4 Å². The van der Waals surface area contributed by atoms with Gasteiger partial charge in [-0.2, -0.15) is 0 Å². The smallest absolute Gasteiger partial charge is 0.871 e. The van der Waals surface area contributed by atoms with Gasteiger partial charge in [-0.05, 0) is 69.4 Å². The molecule has 0 amide bonds. The predicted molar refractivity (Wildman–Crippen MR) is 212 cm³/mol. The molecule has 2 unspecified atom stereocenters. The number of hydrogen-bond donors (Lipinski definition) is 2. The maximum Gasteiger partial charge on any atom is 2.00 e. The molecule has 2 heterocycles. The largest absolute Gasteiger partial charge is 2.00 e. The van der Waals surface area contributed by atoms with Gasteiger partial charge >= 0.3 is 17.1 Å². The van der Waals surface area contributed by atoms with Gasteiger partial charge in [0.05, 0.1) is 33.0 Å². The quantitative estimate of drug-likeness (QED) is 0.0770. The molecule has 8 rings (SSSR count). The minimum atomic E-state index is -0.441. The van der Waals surface area contributed by atoms with Gasteiger partial charge in [0, 0.05) is 48.0 Å². The van der Waals surface area contributed by atoms with Crippen LogP contribution in [0.25, 0.3) is 21.8 Å². The van der Waals surface area contributed by atoms with E-state index in [0.29, 0.717) is 33.5 Å². The molecular formula is C44H32CuN6O6. The van der Waals surface area contributed by atoms with Crippen molar-refractivity contribution >= 4 is 44.6 Å². The number of nitro groups is 2. The van der Waals surface area contributed by atoms with Gasteiger partial charge in [-0.25, -0.2) is 0 Å². The van der Waals surface area contributed by atoms with Crippen molar-refractivity contribution in [1.82, 2.24) is 9.97 Å². The first-order valence-corrected chi connectivity index (χ1v) is 17.5. The van der Waals surface area contributed by atoms with Gasteiger partial charge in [-0.1, -0.05) is 109 Å². The van der Waals surface area contributed by atoms with Crippen molar-refractivity contribution in [2.75, 3.05) is 10.6 Å². The molecule has 2 aromatic heterocycles. The van der Waals surface area contributed by atoms with Crippen LogP contribution in [0.3, 0.4) is 0 Å². The zero-order valence-corrected chi connectivity index (χ0v) is 30.8. The molecular weight excluding hydrogens is 772 g/mol. The third-order valence-electron chi connectivity index (χ3n) is 9.18. The summed E-state index contributed by atoms with van der Waals surface area (Å²) in [5, 5.41) is 56.2. The molecule has 0 bridgehead atoms. The molecule has 8 aromatic rings. The first kappa shape index (κ1) is 39.4. The molecule has 0 aliphatic carbocycles. The van der Waals surface area contributed by atoms with Crippen LogP contribution in [0.15, 0.2) is 170 Å². The molecule has 2 N–H and O–H groups in total. The van der Waals surface area contributed by atoms with Crippen molar-refractivity contribution in [2.45, 2.75) is 12.1 Å². The van der Waals surface area contributed by atoms with Crippen LogP contribution in [0.4, 0.5) is 22.7 Å². The molecule has 0 saturated heterocycles. The molecule has 285 valence electrons. The summed E-state index contributed by atoms with van der Waals surface area (Å²) in [6.07, 6.45) is 3.21. The van der Waals surface area contributed by atoms with E-state index in [1.165, 1.54) is 24.3 Å². The number of pyridine rings is 2. The Labute approximate surface area is 337 Å². The molecule has 0 fully saturated rings. The second-order valence-corrected chi connectivity index (χ2v) is 12.7. The van der Waals surface area contributed by atoms with E-state index in [1.807, 2.05) is 97.1 Å².